The SMILES string of the molecule is CSC1CCCC(NCc2cc(F)cc(F)c2)C1. The minimum absolute atomic E-state index is 0.475. The van der Waals surface area contributed by atoms with Crippen LogP contribution in [0, 0.1) is 11.6 Å². The van der Waals surface area contributed by atoms with Crippen LogP contribution in [0.25, 0.3) is 0 Å². The van der Waals surface area contributed by atoms with Crippen LogP contribution in [-0.2, 0) is 6.54 Å². The van der Waals surface area contributed by atoms with Crippen LogP contribution in [0.4, 0.5) is 8.78 Å². The quantitative estimate of drug-likeness (QED) is 0.895. The predicted molar refractivity (Wildman–Crippen MR) is 72.8 cm³/mol. The van der Waals surface area contributed by atoms with Gasteiger partial charge >= 0.3 is 0 Å². The van der Waals surface area contributed by atoms with Crippen LogP contribution >= 0.6 is 11.8 Å². The second kappa shape index (κ2) is 6.53. The van der Waals surface area contributed by atoms with Gasteiger partial charge in [0.2, 0.25) is 0 Å². The minimum Gasteiger partial charge on any atom is -0.310 e. The second-order valence-electron chi connectivity index (χ2n) is 4.88. The van der Waals surface area contributed by atoms with Gasteiger partial charge in [0.15, 0.2) is 0 Å². The fraction of sp³-hybridized carbons (Fsp3) is 0.571. The van der Waals surface area contributed by atoms with E-state index >= 15 is 0 Å². The van der Waals surface area contributed by atoms with E-state index < -0.39 is 11.6 Å². The van der Waals surface area contributed by atoms with E-state index in [1.807, 2.05) is 11.8 Å². The average Bonchev–Trinajstić information content (AvgIpc) is 2.35. The lowest BCUT2D eigenvalue weighted by atomic mass is 9.95. The molecule has 0 amide bonds. The highest BCUT2D eigenvalue weighted by Crippen LogP contribution is 2.27. The zero-order valence-electron chi connectivity index (χ0n) is 10.6. The van der Waals surface area contributed by atoms with Gasteiger partial charge in [0.25, 0.3) is 0 Å². The fourth-order valence-corrected chi connectivity index (χ4v) is 3.35. The van der Waals surface area contributed by atoms with Gasteiger partial charge in [-0.15, -0.1) is 0 Å². The van der Waals surface area contributed by atoms with E-state index in [1.165, 1.54) is 25.0 Å². The summed E-state index contributed by atoms with van der Waals surface area (Å²) < 4.78 is 26.1. The molecule has 1 fully saturated rings. The first-order valence-corrected chi connectivity index (χ1v) is 7.67. The van der Waals surface area contributed by atoms with Crippen LogP contribution in [0.2, 0.25) is 0 Å². The van der Waals surface area contributed by atoms with Crippen molar-refractivity contribution >= 4 is 11.8 Å². The first-order chi connectivity index (χ1) is 8.67. The molecule has 100 valence electrons. The summed E-state index contributed by atoms with van der Waals surface area (Å²) >= 11 is 1.92. The van der Waals surface area contributed by atoms with Crippen molar-refractivity contribution in [2.75, 3.05) is 6.26 Å². The molecule has 1 aromatic rings. The normalized spacial score (nSPS) is 24.2. The molecular formula is C14H19F2NS. The van der Waals surface area contributed by atoms with Crippen molar-refractivity contribution in [1.82, 2.24) is 5.32 Å². The van der Waals surface area contributed by atoms with Crippen LogP contribution in [0.3, 0.4) is 0 Å². The van der Waals surface area contributed by atoms with Crippen molar-refractivity contribution in [2.45, 2.75) is 43.5 Å². The molecule has 4 heteroatoms. The van der Waals surface area contributed by atoms with Crippen molar-refractivity contribution in [3.63, 3.8) is 0 Å². The van der Waals surface area contributed by atoms with E-state index in [0.29, 0.717) is 18.2 Å². The maximum absolute atomic E-state index is 13.0. The van der Waals surface area contributed by atoms with Gasteiger partial charge in [-0.25, -0.2) is 8.78 Å². The summed E-state index contributed by atoms with van der Waals surface area (Å²) in [6.45, 7) is 0.542. The Morgan fingerprint density at radius 3 is 2.61 bits per heavy atom. The molecule has 18 heavy (non-hydrogen) atoms. The number of hydrogen-bond acceptors (Lipinski definition) is 2. The molecule has 1 N–H and O–H groups in total. The molecule has 0 aromatic heterocycles. The third-order valence-electron chi connectivity index (χ3n) is 3.48. The Hall–Kier alpha value is -0.610. The summed E-state index contributed by atoms with van der Waals surface area (Å²) in [7, 11) is 0. The van der Waals surface area contributed by atoms with Crippen molar-refractivity contribution in [2.24, 2.45) is 0 Å². The molecule has 0 heterocycles. The van der Waals surface area contributed by atoms with Crippen molar-refractivity contribution < 1.29 is 8.78 Å². The predicted octanol–water partition coefficient (Wildman–Crippen LogP) is 3.73. The van der Waals surface area contributed by atoms with Gasteiger partial charge in [-0.1, -0.05) is 6.42 Å². The molecule has 0 aliphatic heterocycles. The summed E-state index contributed by atoms with van der Waals surface area (Å²) in [6.07, 6.45) is 6.98. The number of hydrogen-bond donors (Lipinski definition) is 1. The Kier molecular flexibility index (Phi) is 5.01. The van der Waals surface area contributed by atoms with E-state index in [4.69, 9.17) is 0 Å². The van der Waals surface area contributed by atoms with E-state index in [2.05, 4.69) is 11.6 Å². The molecule has 0 saturated heterocycles. The van der Waals surface area contributed by atoms with Gasteiger partial charge in [0, 0.05) is 23.9 Å². The standard InChI is InChI=1S/C14H19F2NS/c1-18-14-4-2-3-13(8-14)17-9-10-5-11(15)7-12(16)6-10/h5-7,13-14,17H,2-4,8-9H2,1H3. The highest BCUT2D eigenvalue weighted by Gasteiger charge is 2.20. The first kappa shape index (κ1) is 13.8. The van der Waals surface area contributed by atoms with Gasteiger partial charge in [-0.2, -0.15) is 11.8 Å². The molecule has 1 aliphatic carbocycles. The van der Waals surface area contributed by atoms with Crippen molar-refractivity contribution in [3.8, 4) is 0 Å². The molecule has 1 aromatic carbocycles. The lowest BCUT2D eigenvalue weighted by molar-refractivity contribution is 0.379. The number of thioether (sulfide) groups is 1. The third kappa shape index (κ3) is 3.95. The second-order valence-corrected chi connectivity index (χ2v) is 6.02. The summed E-state index contributed by atoms with van der Waals surface area (Å²) in [6, 6.07) is 4.17. The largest absolute Gasteiger partial charge is 0.310 e. The summed E-state index contributed by atoms with van der Waals surface area (Å²) in [4.78, 5) is 0. The zero-order valence-corrected chi connectivity index (χ0v) is 11.4. The lowest BCUT2D eigenvalue weighted by Gasteiger charge is -2.28. The van der Waals surface area contributed by atoms with Crippen LogP contribution < -0.4 is 5.32 Å². The molecule has 2 rings (SSSR count). The smallest absolute Gasteiger partial charge is 0.126 e. The number of nitrogens with one attached hydrogen (secondary N) is 1. The molecule has 2 atom stereocenters. The zero-order chi connectivity index (χ0) is 13.0. The van der Waals surface area contributed by atoms with E-state index in [-0.39, 0.29) is 0 Å². The van der Waals surface area contributed by atoms with Gasteiger partial charge < -0.3 is 5.32 Å². The maximum Gasteiger partial charge on any atom is 0.126 e. The Bertz CT molecular complexity index is 377. The topological polar surface area (TPSA) is 12.0 Å². The summed E-state index contributed by atoms with van der Waals surface area (Å²) in [5.41, 5.74) is 0.679. The van der Waals surface area contributed by atoms with Crippen LogP contribution in [0.1, 0.15) is 31.2 Å². The first-order valence-electron chi connectivity index (χ1n) is 6.38. The fourth-order valence-electron chi connectivity index (χ4n) is 2.52. The maximum atomic E-state index is 13.0. The third-order valence-corrected chi connectivity index (χ3v) is 4.57. The Labute approximate surface area is 111 Å². The highest BCUT2D eigenvalue weighted by atomic mass is 32.2. The summed E-state index contributed by atoms with van der Waals surface area (Å²) in [5.74, 6) is -1.00. The van der Waals surface area contributed by atoms with E-state index in [9.17, 15) is 8.78 Å². The molecule has 2 unspecified atom stereocenters. The van der Waals surface area contributed by atoms with E-state index in [1.54, 1.807) is 0 Å². The lowest BCUT2D eigenvalue weighted by Crippen LogP contribution is -2.34. The van der Waals surface area contributed by atoms with Gasteiger partial charge in [0.1, 0.15) is 11.6 Å². The molecule has 1 aliphatic rings. The molecule has 0 spiro atoms. The minimum atomic E-state index is -0.502. The van der Waals surface area contributed by atoms with Gasteiger partial charge in [-0.3, -0.25) is 0 Å². The van der Waals surface area contributed by atoms with Crippen molar-refractivity contribution in [1.29, 1.82) is 0 Å². The highest BCUT2D eigenvalue weighted by molar-refractivity contribution is 7.99. The Balaban J connectivity index is 1.87. The Morgan fingerprint density at radius 1 is 1.22 bits per heavy atom. The summed E-state index contributed by atoms with van der Waals surface area (Å²) in [5, 5.41) is 4.13. The molecule has 1 nitrogen and oxygen atoms in total. The van der Waals surface area contributed by atoms with Crippen LogP contribution in [0.15, 0.2) is 18.2 Å². The molecular weight excluding hydrogens is 252 g/mol. The average molecular weight is 271 g/mol. The van der Waals surface area contributed by atoms with Crippen LogP contribution in [0.5, 0.6) is 0 Å². The molecule has 0 radical (unpaired) electrons. The number of benzene rings is 1. The number of rotatable bonds is 4. The van der Waals surface area contributed by atoms with Crippen molar-refractivity contribution in [3.05, 3.63) is 35.4 Å². The van der Waals surface area contributed by atoms with Crippen LogP contribution in [-0.4, -0.2) is 17.5 Å². The molecule has 1 saturated carbocycles. The van der Waals surface area contributed by atoms with Gasteiger partial charge in [-0.05, 0) is 43.2 Å². The Morgan fingerprint density at radius 2 is 1.94 bits per heavy atom. The van der Waals surface area contributed by atoms with E-state index in [0.717, 1.165) is 24.2 Å². The monoisotopic (exact) mass is 271 g/mol. The number of halogens is 2. The van der Waals surface area contributed by atoms with Gasteiger partial charge in [0.05, 0.1) is 0 Å². The molecule has 0 bridgehead atoms.